The van der Waals surface area contributed by atoms with E-state index in [9.17, 15) is 14.4 Å². The lowest BCUT2D eigenvalue weighted by molar-refractivity contribution is -0.145. The average Bonchev–Trinajstić information content (AvgIpc) is 3.31. The van der Waals surface area contributed by atoms with Gasteiger partial charge < -0.3 is 20.4 Å². The SMILES string of the molecule is COC(=O)[C@H](Cc1c[nH]c2ccccc12)NC(=O)[C@H](Cc1ccccc1)NC(=O)c1cnccn1. The van der Waals surface area contributed by atoms with Crippen molar-refractivity contribution in [1.82, 2.24) is 25.6 Å². The van der Waals surface area contributed by atoms with E-state index in [-0.39, 0.29) is 18.5 Å². The molecule has 2 heterocycles. The summed E-state index contributed by atoms with van der Waals surface area (Å²) in [5.41, 5.74) is 2.72. The van der Waals surface area contributed by atoms with Crippen molar-refractivity contribution in [3.63, 3.8) is 0 Å². The quantitative estimate of drug-likeness (QED) is 0.321. The predicted octanol–water partition coefficient (Wildman–Crippen LogP) is 2.20. The summed E-state index contributed by atoms with van der Waals surface area (Å²) in [6.45, 7) is 0. The van der Waals surface area contributed by atoms with Crippen molar-refractivity contribution in [2.24, 2.45) is 0 Å². The smallest absolute Gasteiger partial charge is 0.328 e. The van der Waals surface area contributed by atoms with E-state index in [1.165, 1.54) is 25.7 Å². The first kappa shape index (κ1) is 23.6. The molecular formula is C26H25N5O4. The molecule has 0 saturated heterocycles. The number of para-hydroxylation sites is 1. The maximum atomic E-state index is 13.4. The highest BCUT2D eigenvalue weighted by Gasteiger charge is 2.29. The monoisotopic (exact) mass is 471 g/mol. The van der Waals surface area contributed by atoms with E-state index in [2.05, 4.69) is 25.6 Å². The normalized spacial score (nSPS) is 12.5. The predicted molar refractivity (Wildman–Crippen MR) is 129 cm³/mol. The molecule has 9 nitrogen and oxygen atoms in total. The molecule has 0 aliphatic rings. The number of carbonyl (C=O) groups excluding carboxylic acids is 3. The number of hydrogen-bond acceptors (Lipinski definition) is 6. The lowest BCUT2D eigenvalue weighted by Gasteiger charge is -2.22. The lowest BCUT2D eigenvalue weighted by atomic mass is 10.0. The van der Waals surface area contributed by atoms with E-state index in [1.54, 1.807) is 0 Å². The number of fused-ring (bicyclic) bond motifs is 1. The van der Waals surface area contributed by atoms with Gasteiger partial charge in [-0.25, -0.2) is 9.78 Å². The number of amides is 2. The van der Waals surface area contributed by atoms with Crippen molar-refractivity contribution in [2.45, 2.75) is 24.9 Å². The van der Waals surface area contributed by atoms with Crippen molar-refractivity contribution in [2.75, 3.05) is 7.11 Å². The van der Waals surface area contributed by atoms with Gasteiger partial charge in [0.2, 0.25) is 5.91 Å². The van der Waals surface area contributed by atoms with Crippen molar-refractivity contribution in [3.05, 3.63) is 96.2 Å². The minimum Gasteiger partial charge on any atom is -0.467 e. The summed E-state index contributed by atoms with van der Waals surface area (Å²) in [6.07, 6.45) is 6.43. The molecule has 4 aromatic rings. The topological polar surface area (TPSA) is 126 Å². The molecule has 4 rings (SSSR count). The first-order valence-electron chi connectivity index (χ1n) is 11.1. The Morgan fingerprint density at radius 3 is 2.46 bits per heavy atom. The van der Waals surface area contributed by atoms with Crippen LogP contribution in [0.5, 0.6) is 0 Å². The highest BCUT2D eigenvalue weighted by atomic mass is 16.5. The van der Waals surface area contributed by atoms with Gasteiger partial charge >= 0.3 is 5.97 Å². The van der Waals surface area contributed by atoms with E-state index in [0.717, 1.165) is 22.0 Å². The maximum absolute atomic E-state index is 13.4. The Bertz CT molecular complexity index is 1310. The number of nitrogens with zero attached hydrogens (tertiary/aromatic N) is 2. The fraction of sp³-hybridized carbons (Fsp3) is 0.192. The molecular weight excluding hydrogens is 446 g/mol. The molecule has 0 saturated carbocycles. The second kappa shape index (κ2) is 11.1. The number of nitrogens with one attached hydrogen (secondary N) is 3. The van der Waals surface area contributed by atoms with E-state index in [1.807, 2.05) is 60.8 Å². The highest BCUT2D eigenvalue weighted by Crippen LogP contribution is 2.19. The van der Waals surface area contributed by atoms with Gasteiger partial charge in [-0.3, -0.25) is 14.6 Å². The van der Waals surface area contributed by atoms with Crippen LogP contribution in [0.2, 0.25) is 0 Å². The minimum atomic E-state index is -0.956. The number of aromatic amines is 1. The summed E-state index contributed by atoms with van der Waals surface area (Å²) in [5.74, 6) is -1.64. The Morgan fingerprint density at radius 2 is 1.71 bits per heavy atom. The Morgan fingerprint density at radius 1 is 0.943 bits per heavy atom. The molecule has 0 unspecified atom stereocenters. The molecule has 2 atom stereocenters. The zero-order valence-electron chi connectivity index (χ0n) is 19.1. The number of aromatic nitrogens is 3. The molecule has 0 bridgehead atoms. The standard InChI is InChI=1S/C26H25N5O4/c1-35-26(34)22(14-18-15-29-20-10-6-5-9-19(18)20)31-24(32)21(13-17-7-3-2-4-8-17)30-25(33)23-16-27-11-12-28-23/h2-12,15-16,21-22,29H,13-14H2,1H3,(H,30,33)(H,31,32)/t21-,22-/m0/s1. The van der Waals surface area contributed by atoms with Gasteiger partial charge in [-0.1, -0.05) is 48.5 Å². The summed E-state index contributed by atoms with van der Waals surface area (Å²) in [6, 6.07) is 15.1. The molecule has 178 valence electrons. The van der Waals surface area contributed by atoms with Crippen molar-refractivity contribution in [3.8, 4) is 0 Å². The van der Waals surface area contributed by atoms with E-state index in [4.69, 9.17) is 4.74 Å². The fourth-order valence-corrected chi connectivity index (χ4v) is 3.84. The zero-order valence-corrected chi connectivity index (χ0v) is 19.1. The minimum absolute atomic E-state index is 0.0849. The molecule has 0 aliphatic heterocycles. The number of carbonyl (C=O) groups is 3. The van der Waals surface area contributed by atoms with Gasteiger partial charge in [-0.2, -0.15) is 0 Å². The number of hydrogen-bond donors (Lipinski definition) is 3. The Kier molecular flexibility index (Phi) is 7.47. The number of benzene rings is 2. The van der Waals surface area contributed by atoms with Gasteiger partial charge in [0.05, 0.1) is 13.3 Å². The van der Waals surface area contributed by atoms with Crippen LogP contribution in [0, 0.1) is 0 Å². The van der Waals surface area contributed by atoms with E-state index >= 15 is 0 Å². The lowest BCUT2D eigenvalue weighted by Crippen LogP contribution is -2.53. The third-order valence-corrected chi connectivity index (χ3v) is 5.60. The highest BCUT2D eigenvalue weighted by molar-refractivity contribution is 5.97. The summed E-state index contributed by atoms with van der Waals surface area (Å²) in [5, 5.41) is 6.44. The van der Waals surface area contributed by atoms with Crippen LogP contribution in [0.25, 0.3) is 10.9 Å². The van der Waals surface area contributed by atoms with Crippen molar-refractivity contribution < 1.29 is 19.1 Å². The van der Waals surface area contributed by atoms with Crippen molar-refractivity contribution in [1.29, 1.82) is 0 Å². The Hall–Kier alpha value is -4.53. The number of esters is 1. The van der Waals surface area contributed by atoms with Crippen LogP contribution in [0.1, 0.15) is 21.6 Å². The Balaban J connectivity index is 1.55. The second-order valence-corrected chi connectivity index (χ2v) is 7.95. The van der Waals surface area contributed by atoms with Crippen LogP contribution >= 0.6 is 0 Å². The number of H-pyrrole nitrogens is 1. The average molecular weight is 472 g/mol. The first-order chi connectivity index (χ1) is 17.0. The van der Waals surface area contributed by atoms with Crippen molar-refractivity contribution >= 4 is 28.7 Å². The molecule has 35 heavy (non-hydrogen) atoms. The zero-order chi connectivity index (χ0) is 24.6. The van der Waals surface area contributed by atoms with Gasteiger partial charge in [-0.05, 0) is 17.2 Å². The fourth-order valence-electron chi connectivity index (χ4n) is 3.84. The first-order valence-corrected chi connectivity index (χ1v) is 11.1. The maximum Gasteiger partial charge on any atom is 0.328 e. The summed E-state index contributed by atoms with van der Waals surface area (Å²) < 4.78 is 4.95. The molecule has 0 fully saturated rings. The molecule has 0 radical (unpaired) electrons. The van der Waals surface area contributed by atoms with E-state index < -0.39 is 29.9 Å². The molecule has 3 N–H and O–H groups in total. The van der Waals surface area contributed by atoms with Crippen LogP contribution in [0.4, 0.5) is 0 Å². The van der Waals surface area contributed by atoms with Gasteiger partial charge in [-0.15, -0.1) is 0 Å². The number of ether oxygens (including phenoxy) is 1. The molecule has 2 aromatic carbocycles. The van der Waals surface area contributed by atoms with Crippen LogP contribution in [-0.4, -0.2) is 51.9 Å². The molecule has 0 spiro atoms. The largest absolute Gasteiger partial charge is 0.467 e. The third-order valence-electron chi connectivity index (χ3n) is 5.60. The van der Waals surface area contributed by atoms with E-state index in [0.29, 0.717) is 0 Å². The second-order valence-electron chi connectivity index (χ2n) is 7.95. The van der Waals surface area contributed by atoms with Gasteiger partial charge in [0.25, 0.3) is 5.91 Å². The Labute approximate surface area is 201 Å². The van der Waals surface area contributed by atoms with Crippen LogP contribution in [0.3, 0.4) is 0 Å². The summed E-state index contributed by atoms with van der Waals surface area (Å²) in [7, 11) is 1.27. The molecule has 9 heteroatoms. The molecule has 0 aliphatic carbocycles. The van der Waals surface area contributed by atoms with Crippen LogP contribution in [-0.2, 0) is 27.2 Å². The van der Waals surface area contributed by atoms with Gasteiger partial charge in [0.1, 0.15) is 17.8 Å². The summed E-state index contributed by atoms with van der Waals surface area (Å²) >= 11 is 0. The summed E-state index contributed by atoms with van der Waals surface area (Å²) in [4.78, 5) is 49.7. The third kappa shape index (κ3) is 5.89. The van der Waals surface area contributed by atoms with Crippen LogP contribution in [0.15, 0.2) is 79.4 Å². The molecule has 2 amide bonds. The van der Waals surface area contributed by atoms with Crippen LogP contribution < -0.4 is 10.6 Å². The number of rotatable bonds is 9. The molecule has 2 aromatic heterocycles. The van der Waals surface area contributed by atoms with Gasteiger partial charge in [0.15, 0.2) is 0 Å². The number of methoxy groups -OCH3 is 1. The van der Waals surface area contributed by atoms with Gasteiger partial charge in [0, 0.05) is 42.3 Å².